The third-order valence-corrected chi connectivity index (χ3v) is 4.36. The van der Waals surface area contributed by atoms with Crippen molar-refractivity contribution < 1.29 is 14.3 Å². The Morgan fingerprint density at radius 3 is 2.44 bits per heavy atom. The molecular formula is C19H19Cl2NO3. The van der Waals surface area contributed by atoms with Crippen molar-refractivity contribution in [3.8, 4) is 0 Å². The highest BCUT2D eigenvalue weighted by Gasteiger charge is 2.16. The van der Waals surface area contributed by atoms with E-state index in [1.54, 1.807) is 7.05 Å². The fourth-order valence-electron chi connectivity index (χ4n) is 2.34. The number of halogens is 2. The van der Waals surface area contributed by atoms with E-state index < -0.39 is 5.97 Å². The number of carbonyl (C=O) groups is 2. The molecule has 0 aliphatic heterocycles. The Labute approximate surface area is 157 Å². The van der Waals surface area contributed by atoms with E-state index in [2.05, 4.69) is 6.07 Å². The van der Waals surface area contributed by atoms with E-state index in [0.29, 0.717) is 11.6 Å². The quantitative estimate of drug-likeness (QED) is 0.722. The lowest BCUT2D eigenvalue weighted by atomic mass is 10.1. The first-order valence-electron chi connectivity index (χ1n) is 7.70. The first kappa shape index (κ1) is 19.3. The smallest absolute Gasteiger partial charge is 0.340 e. The fraction of sp³-hybridized carbons (Fsp3) is 0.263. The molecule has 6 heteroatoms. The number of nitrogens with zero attached hydrogens (tertiary/aromatic N) is 1. The minimum Gasteiger partial charge on any atom is -0.452 e. The van der Waals surface area contributed by atoms with Gasteiger partial charge in [0.2, 0.25) is 0 Å². The lowest BCUT2D eigenvalue weighted by molar-refractivity contribution is -0.133. The first-order chi connectivity index (χ1) is 11.8. The third-order valence-electron chi connectivity index (χ3n) is 3.81. The lowest BCUT2D eigenvalue weighted by Gasteiger charge is -2.19. The van der Waals surface area contributed by atoms with Gasteiger partial charge in [-0.3, -0.25) is 4.79 Å². The van der Waals surface area contributed by atoms with E-state index in [1.807, 2.05) is 26.0 Å². The Morgan fingerprint density at radius 1 is 1.08 bits per heavy atom. The van der Waals surface area contributed by atoms with Crippen LogP contribution in [0.4, 0.5) is 0 Å². The van der Waals surface area contributed by atoms with Gasteiger partial charge in [0.05, 0.1) is 10.6 Å². The van der Waals surface area contributed by atoms with Crippen LogP contribution in [0.3, 0.4) is 0 Å². The van der Waals surface area contributed by atoms with Gasteiger partial charge < -0.3 is 9.64 Å². The second kappa shape index (κ2) is 8.37. The van der Waals surface area contributed by atoms with E-state index in [0.717, 1.165) is 11.1 Å². The van der Waals surface area contributed by atoms with E-state index in [9.17, 15) is 9.59 Å². The molecule has 2 aromatic rings. The fourth-order valence-corrected chi connectivity index (χ4v) is 2.82. The Morgan fingerprint density at radius 2 is 1.80 bits per heavy atom. The van der Waals surface area contributed by atoms with Crippen LogP contribution in [0.5, 0.6) is 0 Å². The van der Waals surface area contributed by atoms with Gasteiger partial charge in [-0.25, -0.2) is 4.79 Å². The maximum absolute atomic E-state index is 12.2. The predicted molar refractivity (Wildman–Crippen MR) is 99.1 cm³/mol. The van der Waals surface area contributed by atoms with Crippen molar-refractivity contribution in [2.75, 3.05) is 13.7 Å². The molecule has 0 radical (unpaired) electrons. The predicted octanol–water partition coefficient (Wildman–Crippen LogP) is 4.43. The zero-order chi connectivity index (χ0) is 18.6. The highest BCUT2D eigenvalue weighted by molar-refractivity contribution is 6.36. The molecule has 0 saturated heterocycles. The van der Waals surface area contributed by atoms with Crippen LogP contribution >= 0.6 is 23.2 Å². The minimum absolute atomic E-state index is 0.177. The summed E-state index contributed by atoms with van der Waals surface area (Å²) in [5.41, 5.74) is 3.51. The average Bonchev–Trinajstić information content (AvgIpc) is 2.54. The van der Waals surface area contributed by atoms with Crippen LogP contribution in [0, 0.1) is 13.8 Å². The van der Waals surface area contributed by atoms with Crippen LogP contribution in [0.15, 0.2) is 36.4 Å². The van der Waals surface area contributed by atoms with Crippen molar-refractivity contribution >= 4 is 35.1 Å². The summed E-state index contributed by atoms with van der Waals surface area (Å²) in [6, 6.07) is 10.5. The van der Waals surface area contributed by atoms with Gasteiger partial charge in [0.25, 0.3) is 5.91 Å². The summed E-state index contributed by atoms with van der Waals surface area (Å²) in [6.45, 7) is 4.12. The maximum Gasteiger partial charge on any atom is 0.340 e. The number of esters is 1. The molecule has 0 atom stereocenters. The van der Waals surface area contributed by atoms with Crippen molar-refractivity contribution in [1.82, 2.24) is 4.90 Å². The van der Waals surface area contributed by atoms with Crippen molar-refractivity contribution in [3.63, 3.8) is 0 Å². The summed E-state index contributed by atoms with van der Waals surface area (Å²) < 4.78 is 5.06. The normalized spacial score (nSPS) is 10.4. The number of aryl methyl sites for hydroxylation is 2. The third kappa shape index (κ3) is 5.21. The molecule has 0 saturated carbocycles. The van der Waals surface area contributed by atoms with Crippen LogP contribution in [-0.2, 0) is 16.1 Å². The molecule has 0 bridgehead atoms. The summed E-state index contributed by atoms with van der Waals surface area (Å²) in [4.78, 5) is 25.8. The summed E-state index contributed by atoms with van der Waals surface area (Å²) in [6.07, 6.45) is 0. The Balaban J connectivity index is 1.93. The molecule has 2 aromatic carbocycles. The van der Waals surface area contributed by atoms with Crippen molar-refractivity contribution in [1.29, 1.82) is 0 Å². The number of hydrogen-bond acceptors (Lipinski definition) is 3. The summed E-state index contributed by atoms with van der Waals surface area (Å²) in [5, 5.41) is 0.611. The Bertz CT molecular complexity index is 805. The van der Waals surface area contributed by atoms with Gasteiger partial charge in [-0.05, 0) is 43.2 Å². The van der Waals surface area contributed by atoms with Gasteiger partial charge in [0, 0.05) is 18.6 Å². The number of benzene rings is 2. The van der Waals surface area contributed by atoms with Gasteiger partial charge in [0.15, 0.2) is 6.61 Å². The van der Waals surface area contributed by atoms with Crippen LogP contribution in [0.1, 0.15) is 27.0 Å². The molecule has 0 fully saturated rings. The zero-order valence-electron chi connectivity index (χ0n) is 14.3. The molecule has 0 aliphatic rings. The number of ether oxygens (including phenoxy) is 1. The molecule has 2 rings (SSSR count). The second-order valence-corrected chi connectivity index (χ2v) is 6.72. The molecule has 1 amide bonds. The Kier molecular flexibility index (Phi) is 6.45. The topological polar surface area (TPSA) is 46.6 Å². The van der Waals surface area contributed by atoms with Crippen LogP contribution in [-0.4, -0.2) is 30.4 Å². The number of rotatable bonds is 5. The van der Waals surface area contributed by atoms with Crippen LogP contribution < -0.4 is 0 Å². The molecular weight excluding hydrogens is 361 g/mol. The standard InChI is InChI=1S/C19H19Cl2NO3/c1-12-4-5-14(13(2)8-12)10-22(3)18(23)11-25-19(24)16-7-6-15(20)9-17(16)21/h4-9H,10-11H2,1-3H3. The number of carbonyl (C=O) groups excluding carboxylic acids is 2. The van der Waals surface area contributed by atoms with Gasteiger partial charge in [-0.1, -0.05) is 47.0 Å². The maximum atomic E-state index is 12.2. The van der Waals surface area contributed by atoms with Crippen LogP contribution in [0.25, 0.3) is 0 Å². The molecule has 0 spiro atoms. The highest BCUT2D eigenvalue weighted by atomic mass is 35.5. The molecule has 25 heavy (non-hydrogen) atoms. The van der Waals surface area contributed by atoms with Crippen molar-refractivity contribution in [2.45, 2.75) is 20.4 Å². The number of likely N-dealkylation sites (N-methyl/N-ethyl adjacent to an activating group) is 1. The van der Waals surface area contributed by atoms with E-state index in [4.69, 9.17) is 27.9 Å². The summed E-state index contributed by atoms with van der Waals surface area (Å²) >= 11 is 11.8. The molecule has 0 unspecified atom stereocenters. The van der Waals surface area contributed by atoms with E-state index >= 15 is 0 Å². The lowest BCUT2D eigenvalue weighted by Crippen LogP contribution is -2.31. The number of hydrogen-bond donors (Lipinski definition) is 0. The molecule has 4 nitrogen and oxygen atoms in total. The van der Waals surface area contributed by atoms with Gasteiger partial charge in [-0.2, -0.15) is 0 Å². The molecule has 0 aliphatic carbocycles. The van der Waals surface area contributed by atoms with E-state index in [-0.39, 0.29) is 23.1 Å². The van der Waals surface area contributed by atoms with E-state index in [1.165, 1.54) is 28.7 Å². The Hall–Kier alpha value is -2.04. The molecule has 132 valence electrons. The van der Waals surface area contributed by atoms with Gasteiger partial charge in [0.1, 0.15) is 0 Å². The second-order valence-electron chi connectivity index (χ2n) is 5.88. The largest absolute Gasteiger partial charge is 0.452 e. The van der Waals surface area contributed by atoms with Crippen LogP contribution in [0.2, 0.25) is 10.0 Å². The van der Waals surface area contributed by atoms with Crippen molar-refractivity contribution in [3.05, 3.63) is 68.7 Å². The zero-order valence-corrected chi connectivity index (χ0v) is 15.8. The first-order valence-corrected chi connectivity index (χ1v) is 8.46. The van der Waals surface area contributed by atoms with Gasteiger partial charge in [-0.15, -0.1) is 0 Å². The summed E-state index contributed by atoms with van der Waals surface area (Å²) in [5.74, 6) is -0.951. The monoisotopic (exact) mass is 379 g/mol. The van der Waals surface area contributed by atoms with Gasteiger partial charge >= 0.3 is 5.97 Å². The molecule has 0 heterocycles. The number of amides is 1. The minimum atomic E-state index is -0.657. The van der Waals surface area contributed by atoms with Crippen molar-refractivity contribution in [2.24, 2.45) is 0 Å². The molecule has 0 aromatic heterocycles. The highest BCUT2D eigenvalue weighted by Crippen LogP contribution is 2.21. The SMILES string of the molecule is Cc1ccc(CN(C)C(=O)COC(=O)c2ccc(Cl)cc2Cl)c(C)c1. The average molecular weight is 380 g/mol. The summed E-state index contributed by atoms with van der Waals surface area (Å²) in [7, 11) is 1.67. The molecule has 0 N–H and O–H groups in total.